The van der Waals surface area contributed by atoms with Crippen molar-refractivity contribution in [3.05, 3.63) is 69.6 Å². The number of methoxy groups -OCH3 is 1. The van der Waals surface area contributed by atoms with Crippen LogP contribution in [0.2, 0.25) is 0 Å². The van der Waals surface area contributed by atoms with Crippen molar-refractivity contribution < 1.29 is 27.2 Å². The molecule has 0 fully saturated rings. The molecule has 0 saturated heterocycles. The van der Waals surface area contributed by atoms with E-state index in [9.17, 15) is 22.8 Å². The maximum absolute atomic E-state index is 13.1. The van der Waals surface area contributed by atoms with Gasteiger partial charge in [-0.2, -0.15) is 18.3 Å². The Balaban J connectivity index is 1.87. The zero-order chi connectivity index (χ0) is 24.6. The van der Waals surface area contributed by atoms with Crippen LogP contribution in [0, 0.1) is 6.92 Å². The molecule has 4 rings (SSSR count). The molecule has 0 saturated carbocycles. The van der Waals surface area contributed by atoms with Gasteiger partial charge in [-0.15, -0.1) is 0 Å². The Bertz CT molecular complexity index is 1440. The molecular weight excluding hydrogens is 453 g/mol. The van der Waals surface area contributed by atoms with Crippen molar-refractivity contribution in [1.82, 2.24) is 14.9 Å². The number of halogens is 3. The zero-order valence-corrected chi connectivity index (χ0v) is 18.4. The van der Waals surface area contributed by atoms with Crippen molar-refractivity contribution >= 4 is 22.6 Å². The highest BCUT2D eigenvalue weighted by Gasteiger charge is 2.30. The number of carbonyl (C=O) groups is 1. The van der Waals surface area contributed by atoms with E-state index >= 15 is 0 Å². The molecular formula is C23H19F3N4O4. The van der Waals surface area contributed by atoms with Gasteiger partial charge in [-0.05, 0) is 42.8 Å². The number of anilines is 1. The molecule has 176 valence electrons. The molecule has 0 aliphatic rings. The molecule has 2 aromatic heterocycles. The maximum atomic E-state index is 13.1. The van der Waals surface area contributed by atoms with Crippen LogP contribution in [0.4, 0.5) is 18.9 Å². The number of fused-ring (bicyclic) bond motifs is 1. The monoisotopic (exact) mass is 472 g/mol. The summed E-state index contributed by atoms with van der Waals surface area (Å²) in [5, 5.41) is 11.2. The summed E-state index contributed by atoms with van der Waals surface area (Å²) in [4.78, 5) is 24.6. The highest BCUT2D eigenvalue weighted by Crippen LogP contribution is 2.35. The second-order valence-corrected chi connectivity index (χ2v) is 7.57. The minimum Gasteiger partial charge on any atom is -0.496 e. The molecule has 0 unspecified atom stereocenters. The van der Waals surface area contributed by atoms with Crippen molar-refractivity contribution in [3.63, 3.8) is 0 Å². The maximum Gasteiger partial charge on any atom is 0.416 e. The van der Waals surface area contributed by atoms with Gasteiger partial charge in [-0.25, -0.2) is 4.68 Å². The van der Waals surface area contributed by atoms with Crippen LogP contribution in [0.15, 0.2) is 51.8 Å². The summed E-state index contributed by atoms with van der Waals surface area (Å²) in [6.07, 6.45) is -4.46. The second kappa shape index (κ2) is 8.65. The number of aromatic nitrogens is 3. The second-order valence-electron chi connectivity index (χ2n) is 7.57. The van der Waals surface area contributed by atoms with E-state index in [2.05, 4.69) is 15.6 Å². The number of nitrogens with one attached hydrogen (secondary N) is 1. The summed E-state index contributed by atoms with van der Waals surface area (Å²) >= 11 is 0. The predicted molar refractivity (Wildman–Crippen MR) is 118 cm³/mol. The third-order valence-corrected chi connectivity index (χ3v) is 5.14. The molecule has 0 radical (unpaired) electrons. The lowest BCUT2D eigenvalue weighted by Crippen LogP contribution is -2.24. The Labute approximate surface area is 190 Å². The van der Waals surface area contributed by atoms with Gasteiger partial charge in [0, 0.05) is 12.6 Å². The summed E-state index contributed by atoms with van der Waals surface area (Å²) in [6, 6.07) is 9.37. The van der Waals surface area contributed by atoms with Gasteiger partial charge in [-0.1, -0.05) is 17.3 Å². The average Bonchev–Trinajstić information content (AvgIpc) is 3.17. The fraction of sp³-hybridized carbons (Fsp3) is 0.217. The van der Waals surface area contributed by atoms with Gasteiger partial charge < -0.3 is 14.6 Å². The Morgan fingerprint density at radius 3 is 2.50 bits per heavy atom. The van der Waals surface area contributed by atoms with Crippen molar-refractivity contribution in [1.29, 1.82) is 0 Å². The van der Waals surface area contributed by atoms with Crippen molar-refractivity contribution in [2.45, 2.75) is 26.6 Å². The Hall–Kier alpha value is -4.15. The summed E-state index contributed by atoms with van der Waals surface area (Å²) in [5.74, 6) is 0.119. The van der Waals surface area contributed by atoms with E-state index in [1.165, 1.54) is 26.2 Å². The number of nitrogens with zero attached hydrogens (tertiary/aromatic N) is 3. The summed E-state index contributed by atoms with van der Waals surface area (Å²) in [5.41, 5.74) is 0.737. The van der Waals surface area contributed by atoms with Gasteiger partial charge in [0.25, 0.3) is 5.56 Å². The summed E-state index contributed by atoms with van der Waals surface area (Å²) < 4.78 is 50.7. The van der Waals surface area contributed by atoms with Gasteiger partial charge in [0.1, 0.15) is 16.8 Å². The normalized spacial score (nSPS) is 11.6. The highest BCUT2D eigenvalue weighted by molar-refractivity contribution is 5.94. The number of aryl methyl sites for hydroxylation is 1. The van der Waals surface area contributed by atoms with E-state index in [1.54, 1.807) is 25.1 Å². The first-order valence-corrected chi connectivity index (χ1v) is 10.1. The minimum atomic E-state index is -4.46. The fourth-order valence-electron chi connectivity index (χ4n) is 3.55. The molecule has 1 amide bonds. The fourth-order valence-corrected chi connectivity index (χ4v) is 3.55. The molecule has 0 spiro atoms. The number of rotatable bonds is 5. The number of carbonyl (C=O) groups excluding carboxylic acids is 1. The van der Waals surface area contributed by atoms with Crippen LogP contribution < -0.4 is 15.6 Å². The third-order valence-electron chi connectivity index (χ3n) is 5.14. The minimum absolute atomic E-state index is 0.0851. The molecule has 0 aliphatic heterocycles. The number of ether oxygens (including phenoxy) is 1. The van der Waals surface area contributed by atoms with Crippen molar-refractivity contribution in [2.75, 3.05) is 12.4 Å². The Morgan fingerprint density at radius 2 is 1.88 bits per heavy atom. The first-order valence-electron chi connectivity index (χ1n) is 10.1. The van der Waals surface area contributed by atoms with E-state index in [0.29, 0.717) is 28.3 Å². The van der Waals surface area contributed by atoms with Crippen molar-refractivity contribution in [2.24, 2.45) is 0 Å². The van der Waals surface area contributed by atoms with E-state index in [4.69, 9.17) is 9.26 Å². The van der Waals surface area contributed by atoms with Gasteiger partial charge in [0.15, 0.2) is 0 Å². The molecule has 11 heteroatoms. The molecule has 1 N–H and O–H groups in total. The van der Waals surface area contributed by atoms with Crippen molar-refractivity contribution in [3.8, 4) is 17.0 Å². The molecule has 0 atom stereocenters. The first-order chi connectivity index (χ1) is 16.1. The topological polar surface area (TPSA) is 99.2 Å². The number of alkyl halides is 3. The smallest absolute Gasteiger partial charge is 0.416 e. The largest absolute Gasteiger partial charge is 0.496 e. The van der Waals surface area contributed by atoms with E-state index in [0.717, 1.165) is 16.8 Å². The number of hydrogen-bond donors (Lipinski definition) is 1. The van der Waals surface area contributed by atoms with Crippen LogP contribution in [0.25, 0.3) is 22.2 Å². The number of amides is 1. The van der Waals surface area contributed by atoms with E-state index in [1.807, 2.05) is 0 Å². The first kappa shape index (κ1) is 23.0. The average molecular weight is 472 g/mol. The van der Waals surface area contributed by atoms with Gasteiger partial charge in [-0.3, -0.25) is 9.59 Å². The Kier molecular flexibility index (Phi) is 5.86. The molecule has 2 aromatic carbocycles. The Morgan fingerprint density at radius 1 is 1.18 bits per heavy atom. The van der Waals surface area contributed by atoms with Crippen LogP contribution in [-0.2, 0) is 17.5 Å². The number of hydrogen-bond acceptors (Lipinski definition) is 6. The molecule has 0 aliphatic carbocycles. The SMILES string of the molecule is COc1ccc(NC(C)=O)cc1-c1nn(Cc2ccc(C(F)(F)F)cc2)c(=O)c2c(C)noc12. The standard InChI is InChI=1S/C23H19F3N4O4/c1-12-19-21(34-29-12)20(17-10-16(27-13(2)31)8-9-18(17)33-3)28-30(22(19)32)11-14-4-6-15(7-5-14)23(24,25)26/h4-10H,11H2,1-3H3,(H,27,31). The summed E-state index contributed by atoms with van der Waals surface area (Å²) in [6.45, 7) is 2.88. The van der Waals surface area contributed by atoms with E-state index < -0.39 is 17.3 Å². The molecule has 4 aromatic rings. The van der Waals surface area contributed by atoms with Crippen LogP contribution in [-0.4, -0.2) is 28.0 Å². The van der Waals surface area contributed by atoms with Crippen LogP contribution in [0.5, 0.6) is 5.75 Å². The lowest BCUT2D eigenvalue weighted by Gasteiger charge is -2.13. The lowest BCUT2D eigenvalue weighted by molar-refractivity contribution is -0.137. The zero-order valence-electron chi connectivity index (χ0n) is 18.4. The molecule has 2 heterocycles. The molecule has 0 bridgehead atoms. The van der Waals surface area contributed by atoms with Crippen LogP contribution >= 0.6 is 0 Å². The highest BCUT2D eigenvalue weighted by atomic mass is 19.4. The molecule has 8 nitrogen and oxygen atoms in total. The van der Waals surface area contributed by atoms with Gasteiger partial charge >= 0.3 is 6.18 Å². The predicted octanol–water partition coefficient (Wildman–Crippen LogP) is 4.39. The van der Waals surface area contributed by atoms with Crippen LogP contribution in [0.1, 0.15) is 23.7 Å². The van der Waals surface area contributed by atoms with Gasteiger partial charge in [0.05, 0.1) is 30.5 Å². The number of benzene rings is 2. The van der Waals surface area contributed by atoms with Crippen LogP contribution in [0.3, 0.4) is 0 Å². The van der Waals surface area contributed by atoms with E-state index in [-0.39, 0.29) is 29.1 Å². The van der Waals surface area contributed by atoms with Gasteiger partial charge in [0.2, 0.25) is 11.5 Å². The lowest BCUT2D eigenvalue weighted by atomic mass is 10.1. The molecule has 34 heavy (non-hydrogen) atoms. The third kappa shape index (κ3) is 4.36. The quantitative estimate of drug-likeness (QED) is 0.463. The summed E-state index contributed by atoms with van der Waals surface area (Å²) in [7, 11) is 1.46.